The maximum Gasteiger partial charge on any atom is 0.251 e. The Labute approximate surface area is 149 Å². The van der Waals surface area contributed by atoms with Gasteiger partial charge >= 0.3 is 0 Å². The van der Waals surface area contributed by atoms with E-state index >= 15 is 0 Å². The number of amides is 1. The standard InChI is InChI=1S/C18H17FN6O/c19-14-3-1-13(2-4-14)18(26)22-12-11-21-16-5-6-17(25-24-16)23-15-7-9-20-10-8-15/h1-10H,11-12H2,(H,21,24)(H,22,26)(H,20,23,25). The Kier molecular flexibility index (Phi) is 5.66. The summed E-state index contributed by atoms with van der Waals surface area (Å²) >= 11 is 0. The third-order valence-electron chi connectivity index (χ3n) is 3.44. The Morgan fingerprint density at radius 3 is 2.27 bits per heavy atom. The highest BCUT2D eigenvalue weighted by atomic mass is 19.1. The molecule has 132 valence electrons. The molecule has 0 aliphatic heterocycles. The minimum absolute atomic E-state index is 0.255. The van der Waals surface area contributed by atoms with Gasteiger partial charge in [-0.1, -0.05) is 0 Å². The van der Waals surface area contributed by atoms with Gasteiger partial charge in [0.15, 0.2) is 5.82 Å². The quantitative estimate of drug-likeness (QED) is 0.566. The number of carbonyl (C=O) groups is 1. The van der Waals surface area contributed by atoms with Gasteiger partial charge in [-0.25, -0.2) is 4.39 Å². The highest BCUT2D eigenvalue weighted by molar-refractivity contribution is 5.94. The Morgan fingerprint density at radius 2 is 1.58 bits per heavy atom. The second-order valence-electron chi connectivity index (χ2n) is 5.35. The molecule has 0 unspecified atom stereocenters. The maximum absolute atomic E-state index is 12.8. The van der Waals surface area contributed by atoms with Gasteiger partial charge in [0.25, 0.3) is 5.91 Å². The molecule has 0 radical (unpaired) electrons. The molecule has 0 spiro atoms. The molecular formula is C18H17FN6O. The summed E-state index contributed by atoms with van der Waals surface area (Å²) in [5.74, 6) is 0.589. The van der Waals surface area contributed by atoms with Crippen LogP contribution in [0, 0.1) is 5.82 Å². The van der Waals surface area contributed by atoms with Gasteiger partial charge < -0.3 is 16.0 Å². The van der Waals surface area contributed by atoms with Crippen LogP contribution in [0.15, 0.2) is 60.9 Å². The third-order valence-corrected chi connectivity index (χ3v) is 3.44. The van der Waals surface area contributed by atoms with Crippen molar-refractivity contribution in [1.82, 2.24) is 20.5 Å². The molecule has 26 heavy (non-hydrogen) atoms. The summed E-state index contributed by atoms with van der Waals surface area (Å²) in [6, 6.07) is 12.6. The lowest BCUT2D eigenvalue weighted by Crippen LogP contribution is -2.28. The van der Waals surface area contributed by atoms with Gasteiger partial charge in [0.1, 0.15) is 11.6 Å². The van der Waals surface area contributed by atoms with Crippen molar-refractivity contribution in [3.63, 3.8) is 0 Å². The van der Waals surface area contributed by atoms with Crippen molar-refractivity contribution in [2.24, 2.45) is 0 Å². The van der Waals surface area contributed by atoms with E-state index in [4.69, 9.17) is 0 Å². The van der Waals surface area contributed by atoms with Gasteiger partial charge in [-0.3, -0.25) is 9.78 Å². The first-order valence-electron chi connectivity index (χ1n) is 7.99. The van der Waals surface area contributed by atoms with E-state index in [-0.39, 0.29) is 11.7 Å². The molecule has 3 aromatic rings. The normalized spacial score (nSPS) is 10.2. The Morgan fingerprint density at radius 1 is 0.885 bits per heavy atom. The van der Waals surface area contributed by atoms with E-state index in [2.05, 4.69) is 31.1 Å². The fourth-order valence-corrected chi connectivity index (χ4v) is 2.15. The van der Waals surface area contributed by atoms with E-state index < -0.39 is 0 Å². The molecule has 2 heterocycles. The molecule has 0 aliphatic carbocycles. The summed E-state index contributed by atoms with van der Waals surface area (Å²) in [6.45, 7) is 0.883. The molecule has 8 heteroatoms. The van der Waals surface area contributed by atoms with Crippen LogP contribution in [0.4, 0.5) is 21.7 Å². The number of hydrogen-bond acceptors (Lipinski definition) is 6. The smallest absolute Gasteiger partial charge is 0.251 e. The van der Waals surface area contributed by atoms with Crippen molar-refractivity contribution < 1.29 is 9.18 Å². The molecule has 0 fully saturated rings. The van der Waals surface area contributed by atoms with Crippen LogP contribution in [-0.2, 0) is 0 Å². The molecule has 0 saturated heterocycles. The van der Waals surface area contributed by atoms with E-state index in [0.717, 1.165) is 5.69 Å². The van der Waals surface area contributed by atoms with Crippen LogP contribution in [0.3, 0.4) is 0 Å². The zero-order valence-electron chi connectivity index (χ0n) is 13.8. The molecule has 0 bridgehead atoms. The van der Waals surface area contributed by atoms with Crippen LogP contribution >= 0.6 is 0 Å². The van der Waals surface area contributed by atoms with Crippen molar-refractivity contribution in [1.29, 1.82) is 0 Å². The van der Waals surface area contributed by atoms with Crippen molar-refractivity contribution in [3.8, 4) is 0 Å². The summed E-state index contributed by atoms with van der Waals surface area (Å²) in [5.41, 5.74) is 1.29. The van der Waals surface area contributed by atoms with Gasteiger partial charge in [0, 0.05) is 36.7 Å². The van der Waals surface area contributed by atoms with Crippen LogP contribution in [0.2, 0.25) is 0 Å². The minimum Gasteiger partial charge on any atom is -0.367 e. The van der Waals surface area contributed by atoms with Crippen LogP contribution in [0.25, 0.3) is 0 Å². The van der Waals surface area contributed by atoms with E-state index in [1.807, 2.05) is 12.1 Å². The van der Waals surface area contributed by atoms with Gasteiger partial charge in [-0.2, -0.15) is 0 Å². The molecule has 0 atom stereocenters. The first kappa shape index (κ1) is 17.3. The number of aromatic nitrogens is 3. The van der Waals surface area contributed by atoms with Crippen LogP contribution < -0.4 is 16.0 Å². The first-order chi connectivity index (χ1) is 12.7. The summed E-state index contributed by atoms with van der Waals surface area (Å²) in [5, 5.41) is 17.1. The predicted molar refractivity (Wildman–Crippen MR) is 96.8 cm³/mol. The van der Waals surface area contributed by atoms with Crippen molar-refractivity contribution >= 4 is 23.2 Å². The van der Waals surface area contributed by atoms with Gasteiger partial charge in [-0.05, 0) is 48.5 Å². The minimum atomic E-state index is -0.372. The number of carbonyl (C=O) groups excluding carboxylic acids is 1. The SMILES string of the molecule is O=C(NCCNc1ccc(Nc2ccncc2)nn1)c1ccc(F)cc1. The van der Waals surface area contributed by atoms with E-state index in [1.54, 1.807) is 24.5 Å². The van der Waals surface area contributed by atoms with E-state index in [0.29, 0.717) is 30.3 Å². The molecule has 0 saturated carbocycles. The van der Waals surface area contributed by atoms with Crippen molar-refractivity contribution in [3.05, 3.63) is 72.3 Å². The highest BCUT2D eigenvalue weighted by Gasteiger charge is 2.04. The second kappa shape index (κ2) is 8.52. The third kappa shape index (κ3) is 4.97. The average molecular weight is 352 g/mol. The Bertz CT molecular complexity index is 840. The molecule has 3 N–H and O–H groups in total. The second-order valence-corrected chi connectivity index (χ2v) is 5.35. The summed E-state index contributed by atoms with van der Waals surface area (Å²) < 4.78 is 12.8. The van der Waals surface area contributed by atoms with E-state index in [1.165, 1.54) is 24.3 Å². The fraction of sp³-hybridized carbons (Fsp3) is 0.111. The number of benzene rings is 1. The molecule has 3 rings (SSSR count). The Balaban J connectivity index is 1.42. The summed E-state index contributed by atoms with van der Waals surface area (Å²) in [7, 11) is 0. The highest BCUT2D eigenvalue weighted by Crippen LogP contribution is 2.13. The lowest BCUT2D eigenvalue weighted by molar-refractivity contribution is 0.0955. The number of pyridine rings is 1. The molecular weight excluding hydrogens is 335 g/mol. The predicted octanol–water partition coefficient (Wildman–Crippen LogP) is 2.60. The maximum atomic E-state index is 12.8. The number of halogens is 1. The van der Waals surface area contributed by atoms with Crippen LogP contribution in [-0.4, -0.2) is 34.2 Å². The Hall–Kier alpha value is -3.55. The summed E-state index contributed by atoms with van der Waals surface area (Å²) in [6.07, 6.45) is 3.37. The average Bonchev–Trinajstić information content (AvgIpc) is 2.68. The first-order valence-corrected chi connectivity index (χ1v) is 7.99. The molecule has 1 amide bonds. The fourth-order valence-electron chi connectivity index (χ4n) is 2.15. The number of anilines is 3. The lowest BCUT2D eigenvalue weighted by Gasteiger charge is -2.08. The zero-order chi connectivity index (χ0) is 18.2. The van der Waals surface area contributed by atoms with Gasteiger partial charge in [0.2, 0.25) is 0 Å². The summed E-state index contributed by atoms with van der Waals surface area (Å²) in [4.78, 5) is 15.8. The number of hydrogen-bond donors (Lipinski definition) is 3. The molecule has 2 aromatic heterocycles. The van der Waals surface area contributed by atoms with Crippen LogP contribution in [0.1, 0.15) is 10.4 Å². The number of nitrogens with zero attached hydrogens (tertiary/aromatic N) is 3. The number of rotatable bonds is 7. The van der Waals surface area contributed by atoms with Crippen molar-refractivity contribution in [2.45, 2.75) is 0 Å². The molecule has 1 aromatic carbocycles. The van der Waals surface area contributed by atoms with Crippen LogP contribution in [0.5, 0.6) is 0 Å². The van der Waals surface area contributed by atoms with Crippen molar-refractivity contribution in [2.75, 3.05) is 23.7 Å². The van der Waals surface area contributed by atoms with Gasteiger partial charge in [0.05, 0.1) is 0 Å². The number of nitrogens with one attached hydrogen (secondary N) is 3. The monoisotopic (exact) mass is 352 g/mol. The van der Waals surface area contributed by atoms with E-state index in [9.17, 15) is 9.18 Å². The molecule has 7 nitrogen and oxygen atoms in total. The lowest BCUT2D eigenvalue weighted by atomic mass is 10.2. The molecule has 0 aliphatic rings. The largest absolute Gasteiger partial charge is 0.367 e. The topological polar surface area (TPSA) is 91.8 Å². The zero-order valence-corrected chi connectivity index (χ0v) is 13.8. The van der Waals surface area contributed by atoms with Gasteiger partial charge in [-0.15, -0.1) is 10.2 Å².